The van der Waals surface area contributed by atoms with Crippen molar-refractivity contribution in [3.63, 3.8) is 0 Å². The molecule has 0 unspecified atom stereocenters. The summed E-state index contributed by atoms with van der Waals surface area (Å²) in [7, 11) is 0. The lowest BCUT2D eigenvalue weighted by molar-refractivity contribution is -0.117. The first-order chi connectivity index (χ1) is 12.1. The van der Waals surface area contributed by atoms with Gasteiger partial charge in [0.25, 0.3) is 5.91 Å². The van der Waals surface area contributed by atoms with Crippen LogP contribution >= 0.6 is 11.3 Å². The number of amides is 3. The number of aromatic nitrogens is 1. The Balaban J connectivity index is 1.41. The van der Waals surface area contributed by atoms with E-state index in [1.807, 2.05) is 6.07 Å². The monoisotopic (exact) mass is 356 g/mol. The minimum atomic E-state index is -0.206. The van der Waals surface area contributed by atoms with Crippen molar-refractivity contribution in [2.24, 2.45) is 0 Å². The van der Waals surface area contributed by atoms with E-state index in [0.717, 1.165) is 12.0 Å². The van der Waals surface area contributed by atoms with Gasteiger partial charge in [0, 0.05) is 36.1 Å². The highest BCUT2D eigenvalue weighted by Gasteiger charge is 2.24. The van der Waals surface area contributed by atoms with Gasteiger partial charge in [-0.15, -0.1) is 11.3 Å². The summed E-state index contributed by atoms with van der Waals surface area (Å²) in [5.41, 5.74) is 2.76. The Morgan fingerprint density at radius 3 is 3.04 bits per heavy atom. The molecule has 1 saturated heterocycles. The molecular weight excluding hydrogens is 340 g/mol. The van der Waals surface area contributed by atoms with Gasteiger partial charge in [0.2, 0.25) is 11.8 Å². The molecule has 4 rings (SSSR count). The van der Waals surface area contributed by atoms with Crippen molar-refractivity contribution < 1.29 is 14.4 Å². The van der Waals surface area contributed by atoms with Crippen molar-refractivity contribution in [1.29, 1.82) is 0 Å². The third kappa shape index (κ3) is 3.12. The van der Waals surface area contributed by atoms with E-state index in [2.05, 4.69) is 15.6 Å². The van der Waals surface area contributed by atoms with Gasteiger partial charge in [-0.3, -0.25) is 19.3 Å². The summed E-state index contributed by atoms with van der Waals surface area (Å²) < 4.78 is 0. The van der Waals surface area contributed by atoms with Crippen LogP contribution in [0.15, 0.2) is 23.6 Å². The Morgan fingerprint density at radius 2 is 2.24 bits per heavy atom. The van der Waals surface area contributed by atoms with E-state index in [4.69, 9.17) is 0 Å². The topological polar surface area (TPSA) is 91.4 Å². The van der Waals surface area contributed by atoms with Crippen LogP contribution in [0.5, 0.6) is 0 Å². The number of carbonyl (C=O) groups excluding carboxylic acids is 3. The number of fused-ring (bicyclic) bond motifs is 1. The van der Waals surface area contributed by atoms with Crippen LogP contribution in [-0.4, -0.2) is 29.3 Å². The normalized spacial score (nSPS) is 16.1. The first-order valence-electron chi connectivity index (χ1n) is 8.06. The fourth-order valence-corrected chi connectivity index (χ4v) is 3.88. The second-order valence-corrected chi connectivity index (χ2v) is 6.89. The van der Waals surface area contributed by atoms with Gasteiger partial charge in [-0.25, -0.2) is 4.98 Å². The third-order valence-electron chi connectivity index (χ3n) is 4.26. The molecular formula is C17H16N4O3S. The van der Waals surface area contributed by atoms with E-state index in [9.17, 15) is 14.4 Å². The number of anilines is 2. The van der Waals surface area contributed by atoms with Gasteiger partial charge in [-0.2, -0.15) is 0 Å². The predicted molar refractivity (Wildman–Crippen MR) is 93.6 cm³/mol. The fourth-order valence-electron chi connectivity index (χ4n) is 3.01. The molecule has 0 aliphatic carbocycles. The number of hydrogen-bond donors (Lipinski definition) is 2. The van der Waals surface area contributed by atoms with Crippen molar-refractivity contribution in [2.75, 3.05) is 16.8 Å². The molecule has 0 saturated carbocycles. The smallest absolute Gasteiger partial charge is 0.251 e. The standard InChI is InChI=1S/C17H16N4O3S/c22-14(19-11-4-3-10-8-18-16(24)13(10)6-11)7-12-9-25-17(20-12)21-5-1-2-15(21)23/h3-4,6,9H,1-2,5,7-8H2,(H,18,24)(H,19,22). The molecule has 0 bridgehead atoms. The summed E-state index contributed by atoms with van der Waals surface area (Å²) in [4.78, 5) is 41.7. The van der Waals surface area contributed by atoms with Gasteiger partial charge in [-0.1, -0.05) is 6.07 Å². The Hall–Kier alpha value is -2.74. The molecule has 3 heterocycles. The summed E-state index contributed by atoms with van der Waals surface area (Å²) in [6.07, 6.45) is 1.53. The highest BCUT2D eigenvalue weighted by molar-refractivity contribution is 7.14. The zero-order chi connectivity index (χ0) is 17.4. The first-order valence-corrected chi connectivity index (χ1v) is 8.94. The van der Waals surface area contributed by atoms with Crippen molar-refractivity contribution in [1.82, 2.24) is 10.3 Å². The Morgan fingerprint density at radius 1 is 1.36 bits per heavy atom. The molecule has 0 atom stereocenters. The SMILES string of the molecule is O=C(Cc1csc(N2CCCC2=O)n1)Nc1ccc2c(c1)C(=O)NC2. The van der Waals surface area contributed by atoms with Crippen molar-refractivity contribution in [3.05, 3.63) is 40.4 Å². The lowest BCUT2D eigenvalue weighted by atomic mass is 10.1. The summed E-state index contributed by atoms with van der Waals surface area (Å²) in [5, 5.41) is 7.99. The zero-order valence-corrected chi connectivity index (χ0v) is 14.2. The second kappa shape index (κ2) is 6.29. The third-order valence-corrected chi connectivity index (χ3v) is 5.18. The van der Waals surface area contributed by atoms with E-state index in [1.165, 1.54) is 11.3 Å². The average Bonchev–Trinajstić information content (AvgIpc) is 3.29. The molecule has 0 radical (unpaired) electrons. The van der Waals surface area contributed by atoms with Crippen LogP contribution in [0.25, 0.3) is 0 Å². The van der Waals surface area contributed by atoms with Gasteiger partial charge in [-0.05, 0) is 24.1 Å². The molecule has 25 heavy (non-hydrogen) atoms. The summed E-state index contributed by atoms with van der Waals surface area (Å²) in [6.45, 7) is 1.22. The van der Waals surface area contributed by atoms with Crippen LogP contribution in [0.3, 0.4) is 0 Å². The van der Waals surface area contributed by atoms with E-state index in [-0.39, 0.29) is 24.1 Å². The van der Waals surface area contributed by atoms with Crippen LogP contribution < -0.4 is 15.5 Å². The quantitative estimate of drug-likeness (QED) is 0.872. The summed E-state index contributed by atoms with van der Waals surface area (Å²) in [5.74, 6) is -0.241. The van der Waals surface area contributed by atoms with Crippen molar-refractivity contribution in [2.45, 2.75) is 25.8 Å². The fraction of sp³-hybridized carbons (Fsp3) is 0.294. The average molecular weight is 356 g/mol. The number of nitrogens with one attached hydrogen (secondary N) is 2. The molecule has 8 heteroatoms. The number of benzene rings is 1. The Labute approximate surface area is 148 Å². The molecule has 2 aromatic rings. The molecule has 2 aliphatic heterocycles. The molecule has 7 nitrogen and oxygen atoms in total. The van der Waals surface area contributed by atoms with E-state index in [1.54, 1.807) is 22.4 Å². The highest BCUT2D eigenvalue weighted by atomic mass is 32.1. The molecule has 1 aromatic heterocycles. The van der Waals surface area contributed by atoms with Crippen LogP contribution in [-0.2, 0) is 22.6 Å². The van der Waals surface area contributed by atoms with Gasteiger partial charge in [0.15, 0.2) is 5.13 Å². The molecule has 2 N–H and O–H groups in total. The van der Waals surface area contributed by atoms with Crippen LogP contribution in [0, 0.1) is 0 Å². The number of hydrogen-bond acceptors (Lipinski definition) is 5. The lowest BCUT2D eigenvalue weighted by Crippen LogP contribution is -2.23. The van der Waals surface area contributed by atoms with Gasteiger partial charge < -0.3 is 10.6 Å². The maximum Gasteiger partial charge on any atom is 0.251 e. The maximum absolute atomic E-state index is 12.2. The Bertz CT molecular complexity index is 877. The minimum absolute atomic E-state index is 0.0850. The second-order valence-electron chi connectivity index (χ2n) is 6.05. The summed E-state index contributed by atoms with van der Waals surface area (Å²) >= 11 is 1.38. The van der Waals surface area contributed by atoms with Crippen LogP contribution in [0.4, 0.5) is 10.8 Å². The van der Waals surface area contributed by atoms with Gasteiger partial charge in [0.05, 0.1) is 12.1 Å². The van der Waals surface area contributed by atoms with E-state index in [0.29, 0.717) is 41.6 Å². The Kier molecular flexibility index (Phi) is 3.96. The van der Waals surface area contributed by atoms with Gasteiger partial charge in [0.1, 0.15) is 0 Å². The number of thiazole rings is 1. The van der Waals surface area contributed by atoms with Crippen molar-refractivity contribution in [3.8, 4) is 0 Å². The maximum atomic E-state index is 12.2. The largest absolute Gasteiger partial charge is 0.348 e. The lowest BCUT2D eigenvalue weighted by Gasteiger charge is -2.10. The van der Waals surface area contributed by atoms with Crippen LogP contribution in [0.1, 0.15) is 34.5 Å². The van der Waals surface area contributed by atoms with Crippen LogP contribution in [0.2, 0.25) is 0 Å². The highest BCUT2D eigenvalue weighted by Crippen LogP contribution is 2.26. The molecule has 2 aliphatic rings. The molecule has 1 aromatic carbocycles. The number of rotatable bonds is 4. The number of nitrogens with zero attached hydrogens (tertiary/aromatic N) is 2. The predicted octanol–water partition coefficient (Wildman–Crippen LogP) is 1.69. The van der Waals surface area contributed by atoms with Gasteiger partial charge >= 0.3 is 0 Å². The molecule has 3 amide bonds. The zero-order valence-electron chi connectivity index (χ0n) is 13.4. The molecule has 0 spiro atoms. The summed E-state index contributed by atoms with van der Waals surface area (Å²) in [6, 6.07) is 5.31. The van der Waals surface area contributed by atoms with E-state index >= 15 is 0 Å². The first kappa shape index (κ1) is 15.8. The minimum Gasteiger partial charge on any atom is -0.348 e. The van der Waals surface area contributed by atoms with Crippen molar-refractivity contribution >= 4 is 39.9 Å². The molecule has 128 valence electrons. The number of carbonyl (C=O) groups is 3. The molecule has 1 fully saturated rings. The van der Waals surface area contributed by atoms with E-state index < -0.39 is 0 Å².